The van der Waals surface area contributed by atoms with E-state index in [-0.39, 0.29) is 16.0 Å². The predicted octanol–water partition coefficient (Wildman–Crippen LogP) is 3.94. The third kappa shape index (κ3) is 3.23. The van der Waals surface area contributed by atoms with Crippen molar-refractivity contribution in [2.75, 3.05) is 11.9 Å². The van der Waals surface area contributed by atoms with Gasteiger partial charge < -0.3 is 11.1 Å². The van der Waals surface area contributed by atoms with Gasteiger partial charge in [0.2, 0.25) is 0 Å². The molecule has 0 saturated heterocycles. The van der Waals surface area contributed by atoms with Crippen molar-refractivity contribution in [3.05, 3.63) is 29.3 Å². The maximum absolute atomic E-state index is 13.0. The molecule has 20 heavy (non-hydrogen) atoms. The molecule has 110 valence electrons. The summed E-state index contributed by atoms with van der Waals surface area (Å²) in [5.74, 6) is 0. The number of benzene rings is 1. The van der Waals surface area contributed by atoms with Crippen LogP contribution in [0, 0.1) is 5.41 Å². The van der Waals surface area contributed by atoms with Crippen molar-refractivity contribution in [1.82, 2.24) is 0 Å². The monoisotopic (exact) mass is 302 g/mol. The number of hydrogen-bond donors (Lipinski definition) is 2. The summed E-state index contributed by atoms with van der Waals surface area (Å²) in [5.41, 5.74) is 5.16. The molecule has 2 rings (SSSR count). The Morgan fingerprint density at radius 1 is 1.40 bits per heavy atom. The SMILES string of the molecule is CCC1(CNc2ccc(C(N)=S)c(C(F)(F)F)c2)CC1. The van der Waals surface area contributed by atoms with Gasteiger partial charge in [0, 0.05) is 17.8 Å². The Balaban J connectivity index is 2.21. The third-order valence-electron chi connectivity index (χ3n) is 3.97. The molecule has 1 aromatic carbocycles. The molecule has 0 bridgehead atoms. The zero-order valence-electron chi connectivity index (χ0n) is 11.2. The van der Waals surface area contributed by atoms with Crippen LogP contribution >= 0.6 is 12.2 Å². The van der Waals surface area contributed by atoms with Crippen LogP contribution in [0.3, 0.4) is 0 Å². The molecule has 0 amide bonds. The smallest absolute Gasteiger partial charge is 0.389 e. The topological polar surface area (TPSA) is 38.0 Å². The molecule has 0 heterocycles. The molecule has 0 atom stereocenters. The Hall–Kier alpha value is -1.30. The summed E-state index contributed by atoms with van der Waals surface area (Å²) >= 11 is 4.67. The first-order chi connectivity index (χ1) is 9.27. The highest BCUT2D eigenvalue weighted by Crippen LogP contribution is 2.48. The normalized spacial score (nSPS) is 16.8. The van der Waals surface area contributed by atoms with Gasteiger partial charge in [0.15, 0.2) is 0 Å². The number of thiocarbonyl (C=S) groups is 1. The van der Waals surface area contributed by atoms with E-state index in [2.05, 4.69) is 24.5 Å². The van der Waals surface area contributed by atoms with Gasteiger partial charge in [-0.3, -0.25) is 0 Å². The minimum Gasteiger partial charge on any atom is -0.389 e. The van der Waals surface area contributed by atoms with Gasteiger partial charge in [-0.1, -0.05) is 19.1 Å². The molecule has 2 nitrogen and oxygen atoms in total. The Morgan fingerprint density at radius 2 is 2.05 bits per heavy atom. The van der Waals surface area contributed by atoms with Gasteiger partial charge in [-0.2, -0.15) is 13.2 Å². The molecule has 0 spiro atoms. The highest BCUT2D eigenvalue weighted by molar-refractivity contribution is 7.80. The Labute approximate surface area is 121 Å². The van der Waals surface area contributed by atoms with Gasteiger partial charge in [-0.05, 0) is 42.9 Å². The van der Waals surface area contributed by atoms with Crippen LogP contribution in [0.4, 0.5) is 18.9 Å². The lowest BCUT2D eigenvalue weighted by atomic mass is 10.0. The summed E-state index contributed by atoms with van der Waals surface area (Å²) in [6.07, 6.45) is -1.16. The fraction of sp³-hybridized carbons (Fsp3) is 0.500. The molecule has 6 heteroatoms. The number of hydrogen-bond acceptors (Lipinski definition) is 2. The maximum Gasteiger partial charge on any atom is 0.417 e. The summed E-state index contributed by atoms with van der Waals surface area (Å²) in [6.45, 7) is 2.80. The standard InChI is InChI=1S/C14H17F3N2S/c1-2-13(5-6-13)8-19-9-3-4-10(12(18)20)11(7-9)14(15,16)17/h3-4,7,19H,2,5-6,8H2,1H3,(H2,18,20). The lowest BCUT2D eigenvalue weighted by Gasteiger charge is -2.17. The van der Waals surface area contributed by atoms with Crippen LogP contribution in [0.1, 0.15) is 37.3 Å². The first kappa shape index (κ1) is 15.1. The number of alkyl halides is 3. The van der Waals surface area contributed by atoms with E-state index in [9.17, 15) is 13.2 Å². The molecule has 3 N–H and O–H groups in total. The highest BCUT2D eigenvalue weighted by Gasteiger charge is 2.40. The van der Waals surface area contributed by atoms with Gasteiger partial charge in [-0.25, -0.2) is 0 Å². The molecule has 1 saturated carbocycles. The zero-order valence-corrected chi connectivity index (χ0v) is 12.0. The second-order valence-corrected chi connectivity index (χ2v) is 5.77. The van der Waals surface area contributed by atoms with Crippen LogP contribution in [-0.2, 0) is 6.18 Å². The molecule has 0 radical (unpaired) electrons. The van der Waals surface area contributed by atoms with Crippen molar-refractivity contribution in [3.8, 4) is 0 Å². The van der Waals surface area contributed by atoms with Crippen molar-refractivity contribution in [2.24, 2.45) is 11.1 Å². The number of rotatable bonds is 5. The average Bonchev–Trinajstić information content (AvgIpc) is 3.15. The second-order valence-electron chi connectivity index (χ2n) is 5.33. The molecule has 1 aliphatic carbocycles. The van der Waals surface area contributed by atoms with E-state index in [1.54, 1.807) is 6.07 Å². The molecule has 1 fully saturated rings. The van der Waals surface area contributed by atoms with Gasteiger partial charge in [0.1, 0.15) is 4.99 Å². The summed E-state index contributed by atoms with van der Waals surface area (Å²) in [4.78, 5) is -0.240. The fourth-order valence-electron chi connectivity index (χ4n) is 2.23. The molecule has 1 aromatic rings. The van der Waals surface area contributed by atoms with Crippen molar-refractivity contribution >= 4 is 22.9 Å². The predicted molar refractivity (Wildman–Crippen MR) is 77.8 cm³/mol. The van der Waals surface area contributed by atoms with Crippen LogP contribution < -0.4 is 11.1 Å². The van der Waals surface area contributed by atoms with E-state index in [0.29, 0.717) is 12.2 Å². The largest absolute Gasteiger partial charge is 0.417 e. The van der Waals surface area contributed by atoms with E-state index in [4.69, 9.17) is 5.73 Å². The number of anilines is 1. The Morgan fingerprint density at radius 3 is 2.50 bits per heavy atom. The van der Waals surface area contributed by atoms with E-state index < -0.39 is 11.7 Å². The van der Waals surface area contributed by atoms with Crippen molar-refractivity contribution < 1.29 is 13.2 Å². The van der Waals surface area contributed by atoms with E-state index in [1.807, 2.05) is 0 Å². The summed E-state index contributed by atoms with van der Waals surface area (Å²) in [6, 6.07) is 4.01. The van der Waals surface area contributed by atoms with Crippen LogP contribution in [0.15, 0.2) is 18.2 Å². The lowest BCUT2D eigenvalue weighted by molar-refractivity contribution is -0.137. The van der Waals surface area contributed by atoms with Gasteiger partial charge in [0.25, 0.3) is 0 Å². The molecular formula is C14H17F3N2S. The second kappa shape index (κ2) is 5.24. The number of nitrogens with two attached hydrogens (primary N) is 1. The first-order valence-electron chi connectivity index (χ1n) is 6.52. The molecule has 1 aliphatic rings. The van der Waals surface area contributed by atoms with Gasteiger partial charge in [-0.15, -0.1) is 0 Å². The van der Waals surface area contributed by atoms with Crippen LogP contribution in [0.5, 0.6) is 0 Å². The number of halogens is 3. The minimum absolute atomic E-state index is 0.130. The van der Waals surface area contributed by atoms with Gasteiger partial charge in [0.05, 0.1) is 5.56 Å². The lowest BCUT2D eigenvalue weighted by Crippen LogP contribution is -2.19. The zero-order chi connectivity index (χ0) is 15.0. The minimum atomic E-state index is -4.46. The molecular weight excluding hydrogens is 285 g/mol. The number of nitrogens with one attached hydrogen (secondary N) is 1. The summed E-state index contributed by atoms with van der Waals surface area (Å²) in [7, 11) is 0. The molecule has 0 aromatic heterocycles. The fourth-order valence-corrected chi connectivity index (χ4v) is 2.40. The summed E-state index contributed by atoms with van der Waals surface area (Å²) < 4.78 is 39.0. The molecule has 0 unspecified atom stereocenters. The van der Waals surface area contributed by atoms with Crippen LogP contribution in [0.2, 0.25) is 0 Å². The van der Waals surface area contributed by atoms with E-state index in [0.717, 1.165) is 25.3 Å². The average molecular weight is 302 g/mol. The Bertz CT molecular complexity index is 522. The Kier molecular flexibility index (Phi) is 3.95. The van der Waals surface area contributed by atoms with Crippen LogP contribution in [0.25, 0.3) is 0 Å². The molecule has 0 aliphatic heterocycles. The summed E-state index contributed by atoms with van der Waals surface area (Å²) in [5, 5.41) is 3.09. The quantitative estimate of drug-likeness (QED) is 0.809. The first-order valence-corrected chi connectivity index (χ1v) is 6.93. The van der Waals surface area contributed by atoms with Gasteiger partial charge >= 0.3 is 6.18 Å². The van der Waals surface area contributed by atoms with Crippen molar-refractivity contribution in [1.29, 1.82) is 0 Å². The van der Waals surface area contributed by atoms with Crippen molar-refractivity contribution in [2.45, 2.75) is 32.4 Å². The maximum atomic E-state index is 13.0. The van der Waals surface area contributed by atoms with E-state index in [1.165, 1.54) is 6.07 Å². The third-order valence-corrected chi connectivity index (χ3v) is 4.18. The van der Waals surface area contributed by atoms with Crippen molar-refractivity contribution in [3.63, 3.8) is 0 Å². The highest BCUT2D eigenvalue weighted by atomic mass is 32.1. The van der Waals surface area contributed by atoms with E-state index >= 15 is 0 Å². The van der Waals surface area contributed by atoms with Crippen LogP contribution in [-0.4, -0.2) is 11.5 Å².